The van der Waals surface area contributed by atoms with Gasteiger partial charge in [0.15, 0.2) is 11.6 Å². The third-order valence-electron chi connectivity index (χ3n) is 3.36. The van der Waals surface area contributed by atoms with E-state index in [0.29, 0.717) is 19.3 Å². The lowest BCUT2D eigenvalue weighted by Crippen LogP contribution is -2.43. The molecule has 1 saturated carbocycles. The van der Waals surface area contributed by atoms with Crippen molar-refractivity contribution in [1.29, 1.82) is 0 Å². The summed E-state index contributed by atoms with van der Waals surface area (Å²) in [4.78, 5) is 11.2. The number of hydrogen-bond donors (Lipinski definition) is 1. The van der Waals surface area contributed by atoms with E-state index in [0.717, 1.165) is 12.1 Å². The third kappa shape index (κ3) is 1.66. The lowest BCUT2D eigenvalue weighted by atomic mass is 9.64. The highest BCUT2D eigenvalue weighted by Gasteiger charge is 2.48. The van der Waals surface area contributed by atoms with E-state index < -0.39 is 23.0 Å². The van der Waals surface area contributed by atoms with Crippen LogP contribution in [0.15, 0.2) is 12.1 Å². The first kappa shape index (κ1) is 11.8. The fourth-order valence-electron chi connectivity index (χ4n) is 2.19. The van der Waals surface area contributed by atoms with E-state index in [-0.39, 0.29) is 11.3 Å². The van der Waals surface area contributed by atoms with Crippen molar-refractivity contribution in [1.82, 2.24) is 0 Å². The highest BCUT2D eigenvalue weighted by atomic mass is 19.1. The van der Waals surface area contributed by atoms with Crippen LogP contribution in [-0.2, 0) is 10.2 Å². The zero-order chi connectivity index (χ0) is 12.6. The van der Waals surface area contributed by atoms with Gasteiger partial charge in [0.25, 0.3) is 0 Å². The molecule has 0 heterocycles. The molecule has 0 bridgehead atoms. The molecule has 1 aliphatic rings. The van der Waals surface area contributed by atoms with Crippen molar-refractivity contribution < 1.29 is 23.4 Å². The maximum absolute atomic E-state index is 14.0. The number of methoxy groups -OCH3 is 1. The second-order valence-corrected chi connectivity index (χ2v) is 4.21. The van der Waals surface area contributed by atoms with Gasteiger partial charge in [-0.05, 0) is 18.9 Å². The lowest BCUT2D eigenvalue weighted by molar-refractivity contribution is -0.147. The molecule has 92 valence electrons. The topological polar surface area (TPSA) is 46.5 Å². The van der Waals surface area contributed by atoms with Crippen LogP contribution in [0.3, 0.4) is 0 Å². The van der Waals surface area contributed by atoms with Crippen LogP contribution in [0.5, 0.6) is 5.75 Å². The summed E-state index contributed by atoms with van der Waals surface area (Å²) in [6, 6.07) is 1.86. The predicted octanol–water partition coefficient (Wildman–Crippen LogP) is 2.48. The van der Waals surface area contributed by atoms with Crippen molar-refractivity contribution in [2.24, 2.45) is 0 Å². The molecule has 2 rings (SSSR count). The molecule has 0 aliphatic heterocycles. The summed E-state index contributed by atoms with van der Waals surface area (Å²) in [5.74, 6) is -2.84. The molecule has 0 radical (unpaired) electrons. The van der Waals surface area contributed by atoms with Crippen molar-refractivity contribution in [3.8, 4) is 5.75 Å². The minimum Gasteiger partial charge on any atom is -0.494 e. The zero-order valence-corrected chi connectivity index (χ0v) is 9.30. The fraction of sp³-hybridized carbons (Fsp3) is 0.417. The van der Waals surface area contributed by atoms with Gasteiger partial charge in [-0.1, -0.05) is 6.42 Å². The van der Waals surface area contributed by atoms with Gasteiger partial charge in [0, 0.05) is 11.6 Å². The first-order valence-corrected chi connectivity index (χ1v) is 5.28. The van der Waals surface area contributed by atoms with Crippen LogP contribution in [0.4, 0.5) is 8.78 Å². The van der Waals surface area contributed by atoms with E-state index in [9.17, 15) is 18.7 Å². The van der Waals surface area contributed by atoms with Crippen molar-refractivity contribution in [3.63, 3.8) is 0 Å². The summed E-state index contributed by atoms with van der Waals surface area (Å²) in [5.41, 5.74) is -1.41. The number of hydrogen-bond acceptors (Lipinski definition) is 2. The Morgan fingerprint density at radius 3 is 2.47 bits per heavy atom. The molecule has 1 aromatic rings. The predicted molar refractivity (Wildman–Crippen MR) is 56.1 cm³/mol. The third-order valence-corrected chi connectivity index (χ3v) is 3.36. The molecule has 0 saturated heterocycles. The molecule has 17 heavy (non-hydrogen) atoms. The SMILES string of the molecule is COc1cc(F)cc(C2(C(=O)O)CCC2)c1F. The van der Waals surface area contributed by atoms with Crippen LogP contribution < -0.4 is 4.74 Å². The Morgan fingerprint density at radius 1 is 1.41 bits per heavy atom. The number of rotatable bonds is 3. The van der Waals surface area contributed by atoms with Gasteiger partial charge in [-0.15, -0.1) is 0 Å². The van der Waals surface area contributed by atoms with Gasteiger partial charge in [0.05, 0.1) is 12.5 Å². The minimum atomic E-state index is -1.29. The number of ether oxygens (including phenoxy) is 1. The van der Waals surface area contributed by atoms with Gasteiger partial charge >= 0.3 is 5.97 Å². The number of carboxylic acids is 1. The molecule has 0 unspecified atom stereocenters. The van der Waals surface area contributed by atoms with Crippen LogP contribution in [0.25, 0.3) is 0 Å². The molecule has 1 N–H and O–H groups in total. The van der Waals surface area contributed by atoms with E-state index >= 15 is 0 Å². The summed E-state index contributed by atoms with van der Waals surface area (Å²) in [6.45, 7) is 0. The number of halogens is 2. The molecule has 1 aromatic carbocycles. The summed E-state index contributed by atoms with van der Waals surface area (Å²) in [6.07, 6.45) is 1.35. The smallest absolute Gasteiger partial charge is 0.314 e. The van der Waals surface area contributed by atoms with Crippen molar-refractivity contribution in [2.75, 3.05) is 7.11 Å². The van der Waals surface area contributed by atoms with Crippen molar-refractivity contribution in [3.05, 3.63) is 29.3 Å². The highest BCUT2D eigenvalue weighted by Crippen LogP contribution is 2.46. The first-order chi connectivity index (χ1) is 8.01. The summed E-state index contributed by atoms with van der Waals surface area (Å²) in [7, 11) is 1.22. The van der Waals surface area contributed by atoms with Crippen LogP contribution >= 0.6 is 0 Å². The molecular weight excluding hydrogens is 230 g/mol. The Bertz CT molecular complexity index is 467. The Hall–Kier alpha value is -1.65. The second kappa shape index (κ2) is 3.98. The molecular formula is C12H12F2O3. The van der Waals surface area contributed by atoms with Crippen LogP contribution in [0.2, 0.25) is 0 Å². The summed E-state index contributed by atoms with van der Waals surface area (Å²) >= 11 is 0. The van der Waals surface area contributed by atoms with E-state index in [2.05, 4.69) is 0 Å². The maximum atomic E-state index is 14.0. The zero-order valence-electron chi connectivity index (χ0n) is 9.30. The number of carbonyl (C=O) groups is 1. The summed E-state index contributed by atoms with van der Waals surface area (Å²) in [5, 5.41) is 9.19. The van der Waals surface area contributed by atoms with Gasteiger partial charge in [-0.3, -0.25) is 4.79 Å². The quantitative estimate of drug-likeness (QED) is 0.885. The van der Waals surface area contributed by atoms with Gasteiger partial charge in [-0.25, -0.2) is 8.78 Å². The van der Waals surface area contributed by atoms with Gasteiger partial charge < -0.3 is 9.84 Å². The van der Waals surface area contributed by atoms with Crippen LogP contribution in [0, 0.1) is 11.6 Å². The molecule has 0 amide bonds. The van der Waals surface area contributed by atoms with E-state index in [1.54, 1.807) is 0 Å². The van der Waals surface area contributed by atoms with E-state index in [1.807, 2.05) is 0 Å². The average Bonchev–Trinajstić information content (AvgIpc) is 2.20. The largest absolute Gasteiger partial charge is 0.494 e. The van der Waals surface area contributed by atoms with Crippen LogP contribution in [-0.4, -0.2) is 18.2 Å². The molecule has 0 aromatic heterocycles. The van der Waals surface area contributed by atoms with Crippen LogP contribution in [0.1, 0.15) is 24.8 Å². The van der Waals surface area contributed by atoms with Gasteiger partial charge in [-0.2, -0.15) is 0 Å². The maximum Gasteiger partial charge on any atom is 0.314 e. The highest BCUT2D eigenvalue weighted by molar-refractivity contribution is 5.82. The molecule has 0 spiro atoms. The van der Waals surface area contributed by atoms with Crippen molar-refractivity contribution in [2.45, 2.75) is 24.7 Å². The number of carboxylic acid groups (broad SMARTS) is 1. The Balaban J connectivity index is 2.58. The first-order valence-electron chi connectivity index (χ1n) is 5.28. The molecule has 5 heteroatoms. The lowest BCUT2D eigenvalue weighted by Gasteiger charge is -2.38. The monoisotopic (exact) mass is 242 g/mol. The van der Waals surface area contributed by atoms with Crippen molar-refractivity contribution >= 4 is 5.97 Å². The summed E-state index contributed by atoms with van der Waals surface area (Å²) < 4.78 is 32.0. The number of benzene rings is 1. The molecule has 0 atom stereocenters. The fourth-order valence-corrected chi connectivity index (χ4v) is 2.19. The second-order valence-electron chi connectivity index (χ2n) is 4.21. The number of aliphatic carboxylic acids is 1. The molecule has 1 fully saturated rings. The minimum absolute atomic E-state index is 0.117. The van der Waals surface area contributed by atoms with Gasteiger partial charge in [0.1, 0.15) is 5.82 Å². The van der Waals surface area contributed by atoms with Gasteiger partial charge in [0.2, 0.25) is 0 Å². The Morgan fingerprint density at radius 2 is 2.06 bits per heavy atom. The Kier molecular flexibility index (Phi) is 2.77. The van der Waals surface area contributed by atoms with E-state index in [4.69, 9.17) is 4.74 Å². The Labute approximate surface area is 97.0 Å². The molecule has 1 aliphatic carbocycles. The average molecular weight is 242 g/mol. The standard InChI is InChI=1S/C12H12F2O3/c1-17-9-6-7(13)5-8(10(9)14)12(11(15)16)3-2-4-12/h5-6H,2-4H2,1H3,(H,15,16). The van der Waals surface area contributed by atoms with E-state index in [1.165, 1.54) is 7.11 Å². The normalized spacial score (nSPS) is 17.4. The molecule has 3 nitrogen and oxygen atoms in total.